The standard InChI is InChI=1S/C22H21NO2/c1-2-25-21-14-18-9-5-4-8-17(18)13-20(21)22(24)23-12-11-16-7-3-6-10-19(16)15-23/h3-10,13-14H,2,11-12,15H2,1H3. The lowest BCUT2D eigenvalue weighted by Gasteiger charge is -2.29. The van der Waals surface area contributed by atoms with E-state index in [1.165, 1.54) is 11.1 Å². The van der Waals surface area contributed by atoms with Crippen molar-refractivity contribution in [2.24, 2.45) is 0 Å². The first-order valence-corrected chi connectivity index (χ1v) is 8.78. The summed E-state index contributed by atoms with van der Waals surface area (Å²) in [6.45, 7) is 3.89. The Morgan fingerprint density at radius 3 is 2.44 bits per heavy atom. The summed E-state index contributed by atoms with van der Waals surface area (Å²) in [6.07, 6.45) is 0.902. The smallest absolute Gasteiger partial charge is 0.257 e. The van der Waals surface area contributed by atoms with Gasteiger partial charge in [0.1, 0.15) is 5.75 Å². The van der Waals surface area contributed by atoms with Gasteiger partial charge in [0.25, 0.3) is 5.91 Å². The Balaban J connectivity index is 1.71. The molecule has 0 aliphatic carbocycles. The molecule has 0 bridgehead atoms. The minimum Gasteiger partial charge on any atom is -0.493 e. The van der Waals surface area contributed by atoms with E-state index >= 15 is 0 Å². The van der Waals surface area contributed by atoms with Gasteiger partial charge in [0.05, 0.1) is 12.2 Å². The fraction of sp³-hybridized carbons (Fsp3) is 0.227. The molecule has 3 nitrogen and oxygen atoms in total. The van der Waals surface area contributed by atoms with Gasteiger partial charge in [-0.1, -0.05) is 48.5 Å². The highest BCUT2D eigenvalue weighted by Crippen LogP contribution is 2.29. The summed E-state index contributed by atoms with van der Waals surface area (Å²) in [5.74, 6) is 0.716. The summed E-state index contributed by atoms with van der Waals surface area (Å²) in [5, 5.41) is 2.15. The monoisotopic (exact) mass is 331 g/mol. The van der Waals surface area contributed by atoms with Gasteiger partial charge in [0.2, 0.25) is 0 Å². The van der Waals surface area contributed by atoms with Gasteiger partial charge in [0, 0.05) is 13.1 Å². The van der Waals surface area contributed by atoms with Crippen molar-refractivity contribution in [3.05, 3.63) is 77.4 Å². The van der Waals surface area contributed by atoms with Crippen LogP contribution in [0, 0.1) is 0 Å². The van der Waals surface area contributed by atoms with Gasteiger partial charge in [0.15, 0.2) is 0 Å². The van der Waals surface area contributed by atoms with E-state index in [1.807, 2.05) is 54.3 Å². The average molecular weight is 331 g/mol. The van der Waals surface area contributed by atoms with Gasteiger partial charge in [-0.25, -0.2) is 0 Å². The number of nitrogens with zero attached hydrogens (tertiary/aromatic N) is 1. The van der Waals surface area contributed by atoms with Crippen LogP contribution in [0.1, 0.15) is 28.4 Å². The minimum absolute atomic E-state index is 0.0451. The van der Waals surface area contributed by atoms with Crippen LogP contribution in [-0.4, -0.2) is 24.0 Å². The van der Waals surface area contributed by atoms with E-state index in [1.54, 1.807) is 0 Å². The van der Waals surface area contributed by atoms with E-state index in [0.717, 1.165) is 23.7 Å². The lowest BCUT2D eigenvalue weighted by atomic mass is 9.98. The third-order valence-electron chi connectivity index (χ3n) is 4.80. The summed E-state index contributed by atoms with van der Waals surface area (Å²) >= 11 is 0. The Morgan fingerprint density at radius 1 is 1.00 bits per heavy atom. The first-order chi connectivity index (χ1) is 12.3. The van der Waals surface area contributed by atoms with E-state index in [2.05, 4.69) is 18.2 Å². The first-order valence-electron chi connectivity index (χ1n) is 8.78. The van der Waals surface area contributed by atoms with Crippen molar-refractivity contribution in [2.75, 3.05) is 13.2 Å². The zero-order valence-corrected chi connectivity index (χ0v) is 14.4. The predicted molar refractivity (Wildman–Crippen MR) is 100 cm³/mol. The van der Waals surface area contributed by atoms with Crippen molar-refractivity contribution in [3.8, 4) is 5.75 Å². The molecule has 0 atom stereocenters. The summed E-state index contributed by atoms with van der Waals surface area (Å²) < 4.78 is 5.78. The number of benzene rings is 3. The molecule has 4 rings (SSSR count). The summed E-state index contributed by atoms with van der Waals surface area (Å²) in [5.41, 5.74) is 3.23. The Morgan fingerprint density at radius 2 is 1.68 bits per heavy atom. The molecule has 1 amide bonds. The molecular formula is C22H21NO2. The van der Waals surface area contributed by atoms with Crippen molar-refractivity contribution in [1.29, 1.82) is 0 Å². The molecule has 0 saturated heterocycles. The second-order valence-corrected chi connectivity index (χ2v) is 6.37. The van der Waals surface area contributed by atoms with Crippen molar-refractivity contribution >= 4 is 16.7 Å². The first kappa shape index (κ1) is 15.7. The highest BCUT2D eigenvalue weighted by atomic mass is 16.5. The largest absolute Gasteiger partial charge is 0.493 e. The summed E-state index contributed by atoms with van der Waals surface area (Å²) in [6, 6.07) is 20.4. The van der Waals surface area contributed by atoms with Gasteiger partial charge in [-0.05, 0) is 47.4 Å². The molecule has 1 heterocycles. The van der Waals surface area contributed by atoms with Crippen molar-refractivity contribution in [1.82, 2.24) is 4.90 Å². The third kappa shape index (κ3) is 2.98. The van der Waals surface area contributed by atoms with Crippen LogP contribution in [0.4, 0.5) is 0 Å². The zero-order valence-electron chi connectivity index (χ0n) is 14.4. The second-order valence-electron chi connectivity index (χ2n) is 6.37. The van der Waals surface area contributed by atoms with Gasteiger partial charge < -0.3 is 9.64 Å². The van der Waals surface area contributed by atoms with E-state index in [4.69, 9.17) is 4.74 Å². The molecule has 3 aromatic carbocycles. The normalized spacial score (nSPS) is 13.6. The molecule has 1 aliphatic heterocycles. The Kier molecular flexibility index (Phi) is 4.14. The molecule has 0 spiro atoms. The minimum atomic E-state index is 0.0451. The SMILES string of the molecule is CCOc1cc2ccccc2cc1C(=O)N1CCc2ccccc2C1. The lowest BCUT2D eigenvalue weighted by molar-refractivity contribution is 0.0730. The van der Waals surface area contributed by atoms with Gasteiger partial charge in [-0.3, -0.25) is 4.79 Å². The highest BCUT2D eigenvalue weighted by Gasteiger charge is 2.24. The lowest BCUT2D eigenvalue weighted by Crippen LogP contribution is -2.36. The molecular weight excluding hydrogens is 310 g/mol. The molecule has 3 heteroatoms. The van der Waals surface area contributed by atoms with Crippen LogP contribution in [0.3, 0.4) is 0 Å². The van der Waals surface area contributed by atoms with E-state index in [9.17, 15) is 4.79 Å². The van der Waals surface area contributed by atoms with Crippen LogP contribution in [0.25, 0.3) is 10.8 Å². The van der Waals surface area contributed by atoms with E-state index < -0.39 is 0 Å². The topological polar surface area (TPSA) is 29.5 Å². The molecule has 25 heavy (non-hydrogen) atoms. The number of carbonyl (C=O) groups excluding carboxylic acids is 1. The fourth-order valence-electron chi connectivity index (χ4n) is 3.50. The van der Waals surface area contributed by atoms with Crippen molar-refractivity contribution in [3.63, 3.8) is 0 Å². The Bertz CT molecular complexity index is 932. The number of carbonyl (C=O) groups is 1. The molecule has 0 saturated carbocycles. The van der Waals surface area contributed by atoms with Gasteiger partial charge in [-0.15, -0.1) is 0 Å². The van der Waals surface area contributed by atoms with E-state index in [0.29, 0.717) is 24.5 Å². The van der Waals surface area contributed by atoms with Gasteiger partial charge >= 0.3 is 0 Å². The fourth-order valence-corrected chi connectivity index (χ4v) is 3.50. The van der Waals surface area contributed by atoms with Crippen LogP contribution in [0.5, 0.6) is 5.75 Å². The summed E-state index contributed by atoms with van der Waals surface area (Å²) in [7, 11) is 0. The molecule has 3 aromatic rings. The zero-order chi connectivity index (χ0) is 17.2. The van der Waals surface area contributed by atoms with Crippen LogP contribution in [-0.2, 0) is 13.0 Å². The van der Waals surface area contributed by atoms with Gasteiger partial charge in [-0.2, -0.15) is 0 Å². The molecule has 126 valence electrons. The van der Waals surface area contributed by atoms with Crippen LogP contribution in [0.15, 0.2) is 60.7 Å². The molecule has 1 aliphatic rings. The number of amides is 1. The second kappa shape index (κ2) is 6.60. The average Bonchev–Trinajstić information content (AvgIpc) is 2.67. The maximum atomic E-state index is 13.2. The predicted octanol–water partition coefficient (Wildman–Crippen LogP) is 4.44. The van der Waals surface area contributed by atoms with Crippen molar-refractivity contribution in [2.45, 2.75) is 19.9 Å². The quantitative estimate of drug-likeness (QED) is 0.710. The maximum Gasteiger partial charge on any atom is 0.257 e. The number of fused-ring (bicyclic) bond motifs is 2. The number of hydrogen-bond donors (Lipinski definition) is 0. The molecule has 0 aromatic heterocycles. The van der Waals surface area contributed by atoms with Crippen LogP contribution in [0.2, 0.25) is 0 Å². The van der Waals surface area contributed by atoms with Crippen molar-refractivity contribution < 1.29 is 9.53 Å². The third-order valence-corrected chi connectivity index (χ3v) is 4.80. The Labute approximate surface area is 147 Å². The number of rotatable bonds is 3. The highest BCUT2D eigenvalue weighted by molar-refractivity contribution is 6.01. The molecule has 0 fully saturated rings. The Hall–Kier alpha value is -2.81. The van der Waals surface area contributed by atoms with Crippen LogP contribution < -0.4 is 4.74 Å². The molecule has 0 radical (unpaired) electrons. The van der Waals surface area contributed by atoms with E-state index in [-0.39, 0.29) is 5.91 Å². The number of ether oxygens (including phenoxy) is 1. The molecule has 0 N–H and O–H groups in total. The van der Waals surface area contributed by atoms with Crippen LogP contribution >= 0.6 is 0 Å². The maximum absolute atomic E-state index is 13.2. The number of hydrogen-bond acceptors (Lipinski definition) is 2. The summed E-state index contributed by atoms with van der Waals surface area (Å²) in [4.78, 5) is 15.1. The molecule has 0 unspecified atom stereocenters.